The standard InChI is InChI=1S/C12H16N4O3S/c1-8-11(5-13)12(9(2)19-8)20(17,18)16-6-10-3-4-14-7-15-10/h3-4,7,16H,5-6,13H2,1-2H3. The second-order valence-corrected chi connectivity index (χ2v) is 5.96. The number of sulfonamides is 1. The molecule has 7 nitrogen and oxygen atoms in total. The van der Waals surface area contributed by atoms with Gasteiger partial charge in [-0.1, -0.05) is 0 Å². The number of aromatic nitrogens is 2. The predicted molar refractivity (Wildman–Crippen MR) is 72.1 cm³/mol. The molecule has 3 N–H and O–H groups in total. The summed E-state index contributed by atoms with van der Waals surface area (Å²) in [5.41, 5.74) is 6.67. The van der Waals surface area contributed by atoms with Crippen molar-refractivity contribution < 1.29 is 12.8 Å². The fourth-order valence-electron chi connectivity index (χ4n) is 1.96. The van der Waals surface area contributed by atoms with Gasteiger partial charge in [0.15, 0.2) is 0 Å². The number of rotatable bonds is 5. The molecule has 0 unspecified atom stereocenters. The highest BCUT2D eigenvalue weighted by Gasteiger charge is 2.25. The summed E-state index contributed by atoms with van der Waals surface area (Å²) in [4.78, 5) is 7.85. The zero-order valence-corrected chi connectivity index (χ0v) is 12.1. The molecule has 108 valence electrons. The van der Waals surface area contributed by atoms with Gasteiger partial charge in [-0.15, -0.1) is 0 Å². The maximum atomic E-state index is 12.3. The molecule has 0 aliphatic carbocycles. The highest BCUT2D eigenvalue weighted by Crippen LogP contribution is 2.26. The number of hydrogen-bond acceptors (Lipinski definition) is 6. The minimum Gasteiger partial charge on any atom is -0.465 e. The van der Waals surface area contributed by atoms with Crippen LogP contribution >= 0.6 is 0 Å². The molecule has 0 amide bonds. The number of hydrogen-bond donors (Lipinski definition) is 2. The molecule has 8 heteroatoms. The average molecular weight is 296 g/mol. The molecule has 0 fully saturated rings. The first kappa shape index (κ1) is 14.6. The van der Waals surface area contributed by atoms with Crippen LogP contribution in [0.15, 0.2) is 27.9 Å². The SMILES string of the molecule is Cc1oc(C)c(S(=O)(=O)NCc2ccncn2)c1CN. The van der Waals surface area contributed by atoms with Gasteiger partial charge in [-0.3, -0.25) is 0 Å². The lowest BCUT2D eigenvalue weighted by atomic mass is 10.2. The van der Waals surface area contributed by atoms with Crippen molar-refractivity contribution in [2.45, 2.75) is 31.8 Å². The third-order valence-corrected chi connectivity index (χ3v) is 4.48. The Morgan fingerprint density at radius 1 is 1.35 bits per heavy atom. The Bertz CT molecular complexity index is 695. The summed E-state index contributed by atoms with van der Waals surface area (Å²) >= 11 is 0. The molecule has 20 heavy (non-hydrogen) atoms. The zero-order chi connectivity index (χ0) is 14.8. The molecule has 0 aliphatic rings. The summed E-state index contributed by atoms with van der Waals surface area (Å²) in [6, 6.07) is 1.64. The van der Waals surface area contributed by atoms with E-state index in [1.807, 2.05) is 0 Å². The van der Waals surface area contributed by atoms with Crippen LogP contribution in [0, 0.1) is 13.8 Å². The van der Waals surface area contributed by atoms with Crippen molar-refractivity contribution in [2.24, 2.45) is 5.73 Å². The van der Waals surface area contributed by atoms with Crippen molar-refractivity contribution in [2.75, 3.05) is 0 Å². The van der Waals surface area contributed by atoms with E-state index in [2.05, 4.69) is 14.7 Å². The normalized spacial score (nSPS) is 11.8. The Kier molecular flexibility index (Phi) is 4.17. The monoisotopic (exact) mass is 296 g/mol. The number of aryl methyl sites for hydroxylation is 2. The molecule has 2 rings (SSSR count). The lowest BCUT2D eigenvalue weighted by molar-refractivity contribution is 0.494. The minimum atomic E-state index is -3.70. The van der Waals surface area contributed by atoms with E-state index in [0.717, 1.165) is 0 Å². The van der Waals surface area contributed by atoms with Crippen LogP contribution in [-0.2, 0) is 23.1 Å². The van der Waals surface area contributed by atoms with Gasteiger partial charge in [0.05, 0.1) is 12.2 Å². The van der Waals surface area contributed by atoms with E-state index in [0.29, 0.717) is 22.8 Å². The lowest BCUT2D eigenvalue weighted by Gasteiger charge is -2.07. The van der Waals surface area contributed by atoms with E-state index in [4.69, 9.17) is 10.2 Å². The van der Waals surface area contributed by atoms with Crippen LogP contribution in [0.5, 0.6) is 0 Å². The second-order valence-electron chi connectivity index (χ2n) is 4.25. The highest BCUT2D eigenvalue weighted by molar-refractivity contribution is 7.89. The molecule has 0 saturated carbocycles. The maximum absolute atomic E-state index is 12.3. The largest absolute Gasteiger partial charge is 0.465 e. The molecule has 0 aliphatic heterocycles. The van der Waals surface area contributed by atoms with E-state index >= 15 is 0 Å². The van der Waals surface area contributed by atoms with Crippen molar-refractivity contribution in [3.8, 4) is 0 Å². The van der Waals surface area contributed by atoms with Crippen molar-refractivity contribution in [3.63, 3.8) is 0 Å². The summed E-state index contributed by atoms with van der Waals surface area (Å²) in [6.07, 6.45) is 2.91. The fraction of sp³-hybridized carbons (Fsp3) is 0.333. The minimum absolute atomic E-state index is 0.0819. The molecular weight excluding hydrogens is 280 g/mol. The van der Waals surface area contributed by atoms with Gasteiger partial charge in [-0.25, -0.2) is 23.1 Å². The first-order chi connectivity index (χ1) is 9.45. The highest BCUT2D eigenvalue weighted by atomic mass is 32.2. The third-order valence-electron chi connectivity index (χ3n) is 2.88. The van der Waals surface area contributed by atoms with Gasteiger partial charge in [0, 0.05) is 18.3 Å². The molecule has 0 atom stereocenters. The van der Waals surface area contributed by atoms with E-state index < -0.39 is 10.0 Å². The molecular formula is C12H16N4O3S. The van der Waals surface area contributed by atoms with Crippen LogP contribution < -0.4 is 10.5 Å². The smallest absolute Gasteiger partial charge is 0.244 e. The van der Waals surface area contributed by atoms with Crippen molar-refractivity contribution in [1.29, 1.82) is 0 Å². The van der Waals surface area contributed by atoms with Crippen molar-refractivity contribution in [3.05, 3.63) is 41.4 Å². The molecule has 2 heterocycles. The Labute approximate surface area is 117 Å². The molecule has 0 bridgehead atoms. The van der Waals surface area contributed by atoms with Gasteiger partial charge in [-0.05, 0) is 19.9 Å². The summed E-state index contributed by atoms with van der Waals surface area (Å²) in [5, 5.41) is 0. The summed E-state index contributed by atoms with van der Waals surface area (Å²) in [5.74, 6) is 0.852. The fourth-order valence-corrected chi connectivity index (χ4v) is 3.42. The van der Waals surface area contributed by atoms with Gasteiger partial charge < -0.3 is 10.2 Å². The van der Waals surface area contributed by atoms with Gasteiger partial charge >= 0.3 is 0 Å². The summed E-state index contributed by atoms with van der Waals surface area (Å²) < 4.78 is 32.5. The van der Waals surface area contributed by atoms with Crippen LogP contribution in [0.1, 0.15) is 22.8 Å². The zero-order valence-electron chi connectivity index (χ0n) is 11.3. The Hall–Kier alpha value is -1.77. The van der Waals surface area contributed by atoms with E-state index in [1.165, 1.54) is 6.33 Å². The predicted octanol–water partition coefficient (Wildman–Crippen LogP) is 0.624. The lowest BCUT2D eigenvalue weighted by Crippen LogP contribution is -2.25. The van der Waals surface area contributed by atoms with Crippen LogP contribution in [0.3, 0.4) is 0 Å². The van der Waals surface area contributed by atoms with E-state index in [-0.39, 0.29) is 18.0 Å². The van der Waals surface area contributed by atoms with E-state index in [9.17, 15) is 8.42 Å². The topological polar surface area (TPSA) is 111 Å². The number of furan rings is 1. The van der Waals surface area contributed by atoms with Crippen molar-refractivity contribution >= 4 is 10.0 Å². The van der Waals surface area contributed by atoms with Gasteiger partial charge in [0.1, 0.15) is 22.7 Å². The van der Waals surface area contributed by atoms with Crippen LogP contribution in [0.25, 0.3) is 0 Å². The Morgan fingerprint density at radius 2 is 2.10 bits per heavy atom. The molecule has 0 aromatic carbocycles. The van der Waals surface area contributed by atoms with Crippen LogP contribution in [-0.4, -0.2) is 18.4 Å². The van der Waals surface area contributed by atoms with Crippen LogP contribution in [0.4, 0.5) is 0 Å². The Morgan fingerprint density at radius 3 is 2.70 bits per heavy atom. The second kappa shape index (κ2) is 5.70. The number of nitrogens with two attached hydrogens (primary N) is 1. The molecule has 0 radical (unpaired) electrons. The molecule has 2 aromatic heterocycles. The van der Waals surface area contributed by atoms with Gasteiger partial charge in [0.2, 0.25) is 10.0 Å². The molecule has 2 aromatic rings. The average Bonchev–Trinajstić information content (AvgIpc) is 2.72. The summed E-state index contributed by atoms with van der Waals surface area (Å²) in [7, 11) is -3.70. The van der Waals surface area contributed by atoms with Gasteiger partial charge in [-0.2, -0.15) is 0 Å². The van der Waals surface area contributed by atoms with Crippen LogP contribution in [0.2, 0.25) is 0 Å². The maximum Gasteiger partial charge on any atom is 0.244 e. The quantitative estimate of drug-likeness (QED) is 0.837. The molecule has 0 saturated heterocycles. The number of nitrogens with zero attached hydrogens (tertiary/aromatic N) is 2. The summed E-state index contributed by atoms with van der Waals surface area (Å²) in [6.45, 7) is 3.48. The van der Waals surface area contributed by atoms with E-state index in [1.54, 1.807) is 26.1 Å². The number of nitrogens with one attached hydrogen (secondary N) is 1. The van der Waals surface area contributed by atoms with Gasteiger partial charge in [0.25, 0.3) is 0 Å². The third kappa shape index (κ3) is 2.87. The van der Waals surface area contributed by atoms with Crippen molar-refractivity contribution in [1.82, 2.24) is 14.7 Å². The first-order valence-electron chi connectivity index (χ1n) is 5.99. The molecule has 0 spiro atoms. The first-order valence-corrected chi connectivity index (χ1v) is 7.47. The Balaban J connectivity index is 2.27.